The molecule has 0 spiro atoms. The Labute approximate surface area is 176 Å². The summed E-state index contributed by atoms with van der Waals surface area (Å²) in [6, 6.07) is 17.0. The molecule has 1 atom stereocenters. The van der Waals surface area contributed by atoms with E-state index in [1.54, 1.807) is 55.5 Å². The van der Waals surface area contributed by atoms with E-state index in [1.807, 2.05) is 0 Å². The molecular formula is C22H13N7O2. The molecule has 0 radical (unpaired) electrons. The van der Waals surface area contributed by atoms with E-state index in [1.165, 1.54) is 4.68 Å². The van der Waals surface area contributed by atoms with Gasteiger partial charge in [0.15, 0.2) is 0 Å². The standard InChI is InChI=1S/C22H13N7O2/c1-12-17(11-24)18(14-8-6-13(10-23)7-9-14)29-21(25-12)26-22(27-29)28-19(30)15-4-2-3-5-16(15)20(28)31/h2-9,18H,1H3,(H,25,26,27). The molecule has 0 aliphatic carbocycles. The van der Waals surface area contributed by atoms with Crippen molar-refractivity contribution in [2.24, 2.45) is 0 Å². The SMILES string of the molecule is CC1=C(C#N)C(c2ccc(C#N)cc2)n2nc(N3C(=O)c4ccccc4C3=O)nc2N1. The molecule has 1 unspecified atom stereocenters. The quantitative estimate of drug-likeness (QED) is 0.647. The number of fused-ring (bicyclic) bond motifs is 2. The molecule has 31 heavy (non-hydrogen) atoms. The number of anilines is 2. The number of hydrogen-bond acceptors (Lipinski definition) is 7. The van der Waals surface area contributed by atoms with Crippen LogP contribution in [-0.4, -0.2) is 26.6 Å². The second kappa shape index (κ2) is 6.65. The van der Waals surface area contributed by atoms with E-state index in [0.717, 1.165) is 10.5 Å². The van der Waals surface area contributed by atoms with Crippen LogP contribution in [-0.2, 0) is 0 Å². The van der Waals surface area contributed by atoms with E-state index < -0.39 is 17.9 Å². The van der Waals surface area contributed by atoms with E-state index >= 15 is 0 Å². The van der Waals surface area contributed by atoms with Gasteiger partial charge in [-0.3, -0.25) is 9.59 Å². The van der Waals surface area contributed by atoms with Crippen LogP contribution in [0, 0.1) is 22.7 Å². The Balaban J connectivity index is 1.62. The number of nitrogens with zero attached hydrogens (tertiary/aromatic N) is 6. The van der Waals surface area contributed by atoms with Crippen LogP contribution >= 0.6 is 0 Å². The van der Waals surface area contributed by atoms with Crippen LogP contribution in [0.5, 0.6) is 0 Å². The van der Waals surface area contributed by atoms with Crippen LogP contribution in [0.4, 0.5) is 11.9 Å². The molecule has 2 aliphatic heterocycles. The maximum Gasteiger partial charge on any atom is 0.268 e. The summed E-state index contributed by atoms with van der Waals surface area (Å²) < 4.78 is 1.48. The van der Waals surface area contributed by atoms with E-state index in [0.29, 0.717) is 33.9 Å². The van der Waals surface area contributed by atoms with Gasteiger partial charge in [-0.1, -0.05) is 24.3 Å². The maximum absolute atomic E-state index is 12.8. The van der Waals surface area contributed by atoms with Crippen molar-refractivity contribution < 1.29 is 9.59 Å². The van der Waals surface area contributed by atoms with E-state index in [9.17, 15) is 14.9 Å². The van der Waals surface area contributed by atoms with Crippen LogP contribution in [0.1, 0.15) is 44.8 Å². The molecule has 3 aromatic rings. The number of carbonyl (C=O) groups is 2. The topological polar surface area (TPSA) is 128 Å². The molecule has 9 heteroatoms. The van der Waals surface area contributed by atoms with Crippen molar-refractivity contribution in [3.8, 4) is 12.1 Å². The molecule has 5 rings (SSSR count). The minimum atomic E-state index is -0.620. The molecule has 1 N–H and O–H groups in total. The number of benzene rings is 2. The summed E-state index contributed by atoms with van der Waals surface area (Å²) in [5, 5.41) is 26.3. The lowest BCUT2D eigenvalue weighted by molar-refractivity contribution is 0.0924. The third kappa shape index (κ3) is 2.61. The van der Waals surface area contributed by atoms with Gasteiger partial charge in [-0.2, -0.15) is 15.5 Å². The molecule has 0 saturated heterocycles. The second-order valence-corrected chi connectivity index (χ2v) is 7.08. The number of amides is 2. The zero-order valence-electron chi connectivity index (χ0n) is 16.2. The third-order valence-corrected chi connectivity index (χ3v) is 5.31. The number of rotatable bonds is 2. The van der Waals surface area contributed by atoms with E-state index in [2.05, 4.69) is 27.5 Å². The molecule has 2 aromatic carbocycles. The van der Waals surface area contributed by atoms with Crippen LogP contribution in [0.15, 0.2) is 59.8 Å². The van der Waals surface area contributed by atoms with Crippen molar-refractivity contribution in [1.82, 2.24) is 14.8 Å². The maximum atomic E-state index is 12.8. The van der Waals surface area contributed by atoms with Crippen LogP contribution < -0.4 is 10.2 Å². The number of carbonyl (C=O) groups excluding carboxylic acids is 2. The Morgan fingerprint density at radius 1 is 0.968 bits per heavy atom. The Bertz CT molecular complexity index is 1350. The summed E-state index contributed by atoms with van der Waals surface area (Å²) in [7, 11) is 0. The monoisotopic (exact) mass is 407 g/mol. The van der Waals surface area contributed by atoms with Gasteiger partial charge in [-0.25, -0.2) is 9.58 Å². The summed E-state index contributed by atoms with van der Waals surface area (Å²) in [5.74, 6) is -0.760. The van der Waals surface area contributed by atoms with Gasteiger partial charge in [0.25, 0.3) is 17.8 Å². The Kier molecular flexibility index (Phi) is 3.92. The first kappa shape index (κ1) is 18.3. The molecule has 2 amide bonds. The number of hydrogen-bond donors (Lipinski definition) is 1. The highest BCUT2D eigenvalue weighted by atomic mass is 16.2. The Morgan fingerprint density at radius 3 is 2.19 bits per heavy atom. The number of nitriles is 2. The lowest BCUT2D eigenvalue weighted by Crippen LogP contribution is -2.30. The first-order chi connectivity index (χ1) is 15.0. The zero-order valence-corrected chi connectivity index (χ0v) is 16.2. The first-order valence-corrected chi connectivity index (χ1v) is 9.35. The van der Waals surface area contributed by atoms with Crippen molar-refractivity contribution >= 4 is 23.7 Å². The minimum Gasteiger partial charge on any atom is -0.327 e. The summed E-state index contributed by atoms with van der Waals surface area (Å²) in [6.45, 7) is 1.75. The summed E-state index contributed by atoms with van der Waals surface area (Å²) in [6.07, 6.45) is 0. The predicted molar refractivity (Wildman–Crippen MR) is 109 cm³/mol. The van der Waals surface area contributed by atoms with Crippen molar-refractivity contribution in [3.63, 3.8) is 0 Å². The largest absolute Gasteiger partial charge is 0.327 e. The fourth-order valence-corrected chi connectivity index (χ4v) is 3.80. The highest BCUT2D eigenvalue weighted by Gasteiger charge is 2.40. The summed E-state index contributed by atoms with van der Waals surface area (Å²) in [4.78, 5) is 31.0. The average Bonchev–Trinajstić information content (AvgIpc) is 3.31. The highest BCUT2D eigenvalue weighted by molar-refractivity contribution is 6.33. The molecule has 0 bridgehead atoms. The second-order valence-electron chi connectivity index (χ2n) is 7.08. The average molecular weight is 407 g/mol. The summed E-state index contributed by atoms with van der Waals surface area (Å²) >= 11 is 0. The molecule has 2 aliphatic rings. The predicted octanol–water partition coefficient (Wildman–Crippen LogP) is 2.76. The van der Waals surface area contributed by atoms with Gasteiger partial charge < -0.3 is 5.32 Å². The number of imide groups is 1. The molecule has 9 nitrogen and oxygen atoms in total. The van der Waals surface area contributed by atoms with Gasteiger partial charge >= 0.3 is 0 Å². The summed E-state index contributed by atoms with van der Waals surface area (Å²) in [5.41, 5.74) is 2.80. The number of allylic oxidation sites excluding steroid dienone is 2. The molecule has 1 aromatic heterocycles. The van der Waals surface area contributed by atoms with Gasteiger partial charge in [0.05, 0.1) is 34.4 Å². The number of aromatic nitrogens is 3. The molecule has 0 saturated carbocycles. The lowest BCUT2D eigenvalue weighted by atomic mass is 9.96. The number of nitrogens with one attached hydrogen (secondary N) is 1. The van der Waals surface area contributed by atoms with Gasteiger partial charge in [-0.15, -0.1) is 5.10 Å². The minimum absolute atomic E-state index is 0.0701. The van der Waals surface area contributed by atoms with Crippen molar-refractivity contribution in [2.75, 3.05) is 10.2 Å². The smallest absolute Gasteiger partial charge is 0.268 e. The fraction of sp³-hybridized carbons (Fsp3) is 0.0909. The highest BCUT2D eigenvalue weighted by Crippen LogP contribution is 2.36. The van der Waals surface area contributed by atoms with Gasteiger partial charge in [0.1, 0.15) is 6.04 Å². The lowest BCUT2D eigenvalue weighted by Gasteiger charge is -2.25. The zero-order chi connectivity index (χ0) is 21.7. The van der Waals surface area contributed by atoms with Crippen LogP contribution in [0.25, 0.3) is 0 Å². The molecular weight excluding hydrogens is 394 g/mol. The van der Waals surface area contributed by atoms with Crippen molar-refractivity contribution in [2.45, 2.75) is 13.0 Å². The fourth-order valence-electron chi connectivity index (χ4n) is 3.80. The molecule has 148 valence electrons. The van der Waals surface area contributed by atoms with Gasteiger partial charge in [-0.05, 0) is 36.8 Å². The molecule has 3 heterocycles. The van der Waals surface area contributed by atoms with Crippen molar-refractivity contribution in [3.05, 3.63) is 82.1 Å². The first-order valence-electron chi connectivity index (χ1n) is 9.35. The Hall–Kier alpha value is -4.76. The van der Waals surface area contributed by atoms with Gasteiger partial charge in [0, 0.05) is 5.70 Å². The Morgan fingerprint density at radius 2 is 1.61 bits per heavy atom. The molecule has 0 fully saturated rings. The normalized spacial score (nSPS) is 17.0. The van der Waals surface area contributed by atoms with E-state index in [4.69, 9.17) is 5.26 Å². The van der Waals surface area contributed by atoms with Crippen LogP contribution in [0.2, 0.25) is 0 Å². The van der Waals surface area contributed by atoms with Crippen LogP contribution in [0.3, 0.4) is 0 Å². The van der Waals surface area contributed by atoms with Crippen molar-refractivity contribution in [1.29, 1.82) is 10.5 Å². The third-order valence-electron chi connectivity index (χ3n) is 5.31. The van der Waals surface area contributed by atoms with E-state index in [-0.39, 0.29) is 5.95 Å². The van der Waals surface area contributed by atoms with Gasteiger partial charge in [0.2, 0.25) is 5.95 Å².